The van der Waals surface area contributed by atoms with Crippen LogP contribution in [0, 0.1) is 0 Å². The van der Waals surface area contributed by atoms with E-state index in [4.69, 9.17) is 9.47 Å². The van der Waals surface area contributed by atoms with Gasteiger partial charge in [0.05, 0.1) is 14.2 Å². The lowest BCUT2D eigenvalue weighted by molar-refractivity contribution is -0.134. The molecule has 2 rings (SSSR count). The lowest BCUT2D eigenvalue weighted by atomic mass is 9.95. The summed E-state index contributed by atoms with van der Waals surface area (Å²) in [5.41, 5.74) is 1.23. The predicted molar refractivity (Wildman–Crippen MR) is 87.5 cm³/mol. The van der Waals surface area contributed by atoms with Crippen LogP contribution in [0.2, 0.25) is 0 Å². The third-order valence-electron chi connectivity index (χ3n) is 4.46. The molecule has 4 nitrogen and oxygen atoms in total. The van der Waals surface area contributed by atoms with Crippen LogP contribution in [-0.2, 0) is 11.2 Å². The van der Waals surface area contributed by atoms with Gasteiger partial charge in [-0.2, -0.15) is 0 Å². The molecule has 0 unspecified atom stereocenters. The van der Waals surface area contributed by atoms with Crippen LogP contribution in [0.3, 0.4) is 0 Å². The number of methoxy groups -OCH3 is 2. The zero-order valence-corrected chi connectivity index (χ0v) is 13.9. The van der Waals surface area contributed by atoms with E-state index in [2.05, 4.69) is 11.0 Å². The molecule has 1 heterocycles. The maximum absolute atomic E-state index is 12.1. The standard InChI is InChI=1S/C18H27NO3/c1-4-18(20)19-12-6-5-7-15(19)10-8-14-9-11-16(21-2)17(13-14)22-3/h9,11,13,15H,4-8,10,12H2,1-3H3/t15-/m1/s1. The van der Waals surface area contributed by atoms with E-state index in [1.165, 1.54) is 12.0 Å². The molecule has 1 aliphatic heterocycles. The summed E-state index contributed by atoms with van der Waals surface area (Å²) < 4.78 is 10.6. The smallest absolute Gasteiger partial charge is 0.222 e. The Kier molecular flexibility index (Phi) is 6.10. The highest BCUT2D eigenvalue weighted by atomic mass is 16.5. The van der Waals surface area contributed by atoms with Gasteiger partial charge in [0, 0.05) is 19.0 Å². The first kappa shape index (κ1) is 16.7. The van der Waals surface area contributed by atoms with Crippen molar-refractivity contribution < 1.29 is 14.3 Å². The highest BCUT2D eigenvalue weighted by molar-refractivity contribution is 5.76. The number of rotatable bonds is 6. The van der Waals surface area contributed by atoms with Crippen LogP contribution < -0.4 is 9.47 Å². The molecule has 1 aromatic carbocycles. The minimum absolute atomic E-state index is 0.289. The van der Waals surface area contributed by atoms with Crippen molar-refractivity contribution in [3.8, 4) is 11.5 Å². The Bertz CT molecular complexity index is 501. The Hall–Kier alpha value is -1.71. The third kappa shape index (κ3) is 3.93. The van der Waals surface area contributed by atoms with Crippen molar-refractivity contribution in [2.24, 2.45) is 0 Å². The van der Waals surface area contributed by atoms with Crippen LogP contribution in [0.15, 0.2) is 18.2 Å². The summed E-state index contributed by atoms with van der Waals surface area (Å²) in [5.74, 6) is 1.81. The average Bonchev–Trinajstić information content (AvgIpc) is 2.59. The van der Waals surface area contributed by atoms with Crippen LogP contribution in [0.5, 0.6) is 11.5 Å². The van der Waals surface area contributed by atoms with Crippen LogP contribution in [0.25, 0.3) is 0 Å². The molecule has 0 spiro atoms. The average molecular weight is 305 g/mol. The lowest BCUT2D eigenvalue weighted by Gasteiger charge is -2.36. The van der Waals surface area contributed by atoms with E-state index in [0.29, 0.717) is 12.5 Å². The normalized spacial score (nSPS) is 18.1. The van der Waals surface area contributed by atoms with Crippen molar-refractivity contribution >= 4 is 5.91 Å². The summed E-state index contributed by atoms with van der Waals surface area (Å²) in [5, 5.41) is 0. The van der Waals surface area contributed by atoms with E-state index in [1.807, 2.05) is 19.1 Å². The number of benzene rings is 1. The molecule has 1 fully saturated rings. The van der Waals surface area contributed by atoms with Gasteiger partial charge in [-0.15, -0.1) is 0 Å². The third-order valence-corrected chi connectivity index (χ3v) is 4.46. The Labute approximate surface area is 133 Å². The number of piperidine rings is 1. The van der Waals surface area contributed by atoms with E-state index in [-0.39, 0.29) is 5.91 Å². The Morgan fingerprint density at radius 3 is 2.68 bits per heavy atom. The number of carbonyl (C=O) groups is 1. The molecule has 0 N–H and O–H groups in total. The van der Waals surface area contributed by atoms with E-state index in [0.717, 1.165) is 43.7 Å². The predicted octanol–water partition coefficient (Wildman–Crippen LogP) is 3.43. The van der Waals surface area contributed by atoms with Gasteiger partial charge in [0.1, 0.15) is 0 Å². The Balaban J connectivity index is 2.00. The van der Waals surface area contributed by atoms with E-state index in [1.54, 1.807) is 14.2 Å². The zero-order chi connectivity index (χ0) is 15.9. The first-order valence-corrected chi connectivity index (χ1v) is 8.20. The van der Waals surface area contributed by atoms with Gasteiger partial charge in [-0.3, -0.25) is 4.79 Å². The second kappa shape index (κ2) is 8.06. The molecule has 1 saturated heterocycles. The van der Waals surface area contributed by atoms with Crippen LogP contribution in [-0.4, -0.2) is 37.6 Å². The number of likely N-dealkylation sites (tertiary alicyclic amines) is 1. The van der Waals surface area contributed by atoms with Gasteiger partial charge in [0.25, 0.3) is 0 Å². The maximum atomic E-state index is 12.1. The number of amides is 1. The molecule has 0 aromatic heterocycles. The summed E-state index contributed by atoms with van der Waals surface area (Å²) in [6.45, 7) is 2.87. The highest BCUT2D eigenvalue weighted by Crippen LogP contribution is 2.29. The minimum Gasteiger partial charge on any atom is -0.493 e. The van der Waals surface area contributed by atoms with E-state index in [9.17, 15) is 4.79 Å². The van der Waals surface area contributed by atoms with E-state index >= 15 is 0 Å². The summed E-state index contributed by atoms with van der Waals surface area (Å²) >= 11 is 0. The molecular weight excluding hydrogens is 278 g/mol. The summed E-state index contributed by atoms with van der Waals surface area (Å²) in [6, 6.07) is 6.45. The number of carbonyl (C=O) groups excluding carboxylic acids is 1. The van der Waals surface area contributed by atoms with Gasteiger partial charge in [-0.05, 0) is 49.8 Å². The fourth-order valence-corrected chi connectivity index (χ4v) is 3.20. The molecule has 0 aliphatic carbocycles. The molecule has 0 radical (unpaired) electrons. The quantitative estimate of drug-likeness (QED) is 0.808. The SMILES string of the molecule is CCC(=O)N1CCCC[C@@H]1CCc1ccc(OC)c(OC)c1. The molecule has 1 aromatic rings. The first-order valence-electron chi connectivity index (χ1n) is 8.20. The molecule has 22 heavy (non-hydrogen) atoms. The monoisotopic (exact) mass is 305 g/mol. The minimum atomic E-state index is 0.289. The highest BCUT2D eigenvalue weighted by Gasteiger charge is 2.25. The molecule has 122 valence electrons. The van der Waals surface area contributed by atoms with Crippen molar-refractivity contribution in [1.29, 1.82) is 0 Å². The Morgan fingerprint density at radius 1 is 1.23 bits per heavy atom. The van der Waals surface area contributed by atoms with Crippen LogP contribution in [0.1, 0.15) is 44.6 Å². The molecule has 1 amide bonds. The van der Waals surface area contributed by atoms with Crippen molar-refractivity contribution in [3.05, 3.63) is 23.8 Å². The summed E-state index contributed by atoms with van der Waals surface area (Å²) in [7, 11) is 3.30. The van der Waals surface area contributed by atoms with Crippen molar-refractivity contribution in [2.75, 3.05) is 20.8 Å². The maximum Gasteiger partial charge on any atom is 0.222 e. The van der Waals surface area contributed by atoms with Crippen LogP contribution in [0.4, 0.5) is 0 Å². The Morgan fingerprint density at radius 2 is 2.00 bits per heavy atom. The molecule has 1 atom stereocenters. The first-order chi connectivity index (χ1) is 10.7. The molecular formula is C18H27NO3. The van der Waals surface area contributed by atoms with Gasteiger partial charge >= 0.3 is 0 Å². The number of ether oxygens (including phenoxy) is 2. The zero-order valence-electron chi connectivity index (χ0n) is 13.9. The molecule has 4 heteroatoms. The van der Waals surface area contributed by atoms with E-state index < -0.39 is 0 Å². The van der Waals surface area contributed by atoms with Crippen LogP contribution >= 0.6 is 0 Å². The molecule has 1 aliphatic rings. The number of hydrogen-bond acceptors (Lipinski definition) is 3. The van der Waals surface area contributed by atoms with Gasteiger partial charge in [-0.1, -0.05) is 13.0 Å². The second-order valence-corrected chi connectivity index (χ2v) is 5.82. The van der Waals surface area contributed by atoms with Crippen molar-refractivity contribution in [2.45, 2.75) is 51.5 Å². The van der Waals surface area contributed by atoms with Crippen molar-refractivity contribution in [3.63, 3.8) is 0 Å². The fraction of sp³-hybridized carbons (Fsp3) is 0.611. The van der Waals surface area contributed by atoms with Crippen molar-refractivity contribution in [1.82, 2.24) is 4.90 Å². The molecule has 0 saturated carbocycles. The second-order valence-electron chi connectivity index (χ2n) is 5.82. The van der Waals surface area contributed by atoms with Gasteiger partial charge < -0.3 is 14.4 Å². The fourth-order valence-electron chi connectivity index (χ4n) is 3.20. The van der Waals surface area contributed by atoms with Gasteiger partial charge in [0.2, 0.25) is 5.91 Å². The lowest BCUT2D eigenvalue weighted by Crippen LogP contribution is -2.43. The number of hydrogen-bond donors (Lipinski definition) is 0. The summed E-state index contributed by atoms with van der Waals surface area (Å²) in [4.78, 5) is 14.1. The number of aryl methyl sites for hydroxylation is 1. The number of nitrogens with zero attached hydrogens (tertiary/aromatic N) is 1. The largest absolute Gasteiger partial charge is 0.493 e. The van der Waals surface area contributed by atoms with Gasteiger partial charge in [0.15, 0.2) is 11.5 Å². The molecule has 0 bridgehead atoms. The summed E-state index contributed by atoms with van der Waals surface area (Å²) in [6.07, 6.45) is 6.06. The van der Waals surface area contributed by atoms with Gasteiger partial charge in [-0.25, -0.2) is 0 Å². The topological polar surface area (TPSA) is 38.8 Å².